The second kappa shape index (κ2) is 9.58. The van der Waals surface area contributed by atoms with Crippen LogP contribution in [0, 0.1) is 6.92 Å². The van der Waals surface area contributed by atoms with Crippen molar-refractivity contribution in [2.45, 2.75) is 38.0 Å². The van der Waals surface area contributed by atoms with Crippen molar-refractivity contribution in [3.05, 3.63) is 51.3 Å². The first-order valence-corrected chi connectivity index (χ1v) is 9.27. The number of carbonyl (C=O) groups is 1. The zero-order chi connectivity index (χ0) is 18.1. The largest absolute Gasteiger partial charge is 0.427 e. The van der Waals surface area contributed by atoms with Gasteiger partial charge in [-0.2, -0.15) is 5.10 Å². The predicted molar refractivity (Wildman–Crippen MR) is 111 cm³/mol. The summed E-state index contributed by atoms with van der Waals surface area (Å²) in [5, 5.41) is 10.3. The molecule has 2 aliphatic rings. The molecule has 4 rings (SSSR count). The Balaban J connectivity index is 0.00000140. The standard InChI is InChI=1S/C19H24N4O3.2ClH/c1-12-10-16(13-2-6-20-7-3-13)26-19(25)17(12)18(24)23-9-5-14(11-23)15-4-8-21-22-15;;/h4,8,10,13-14,20H,2-3,5-7,9,11H2,1H3,(H,21,22);2*1H. The molecule has 2 fully saturated rings. The first-order chi connectivity index (χ1) is 12.6. The van der Waals surface area contributed by atoms with Gasteiger partial charge in [0, 0.05) is 36.8 Å². The van der Waals surface area contributed by atoms with Crippen LogP contribution in [0.3, 0.4) is 0 Å². The first-order valence-electron chi connectivity index (χ1n) is 9.27. The molecule has 0 aromatic carbocycles. The van der Waals surface area contributed by atoms with Gasteiger partial charge in [0.05, 0.1) is 0 Å². The molecule has 154 valence electrons. The van der Waals surface area contributed by atoms with Gasteiger partial charge >= 0.3 is 5.63 Å². The summed E-state index contributed by atoms with van der Waals surface area (Å²) in [6.45, 7) is 4.92. The fourth-order valence-electron chi connectivity index (χ4n) is 4.05. The van der Waals surface area contributed by atoms with Crippen LogP contribution < -0.4 is 10.9 Å². The van der Waals surface area contributed by atoms with Gasteiger partial charge in [0.25, 0.3) is 5.91 Å². The molecule has 2 aromatic heterocycles. The number of aromatic amines is 1. The van der Waals surface area contributed by atoms with Gasteiger partial charge in [-0.05, 0) is 57.0 Å². The molecule has 0 spiro atoms. The first kappa shape index (κ1) is 22.5. The molecule has 7 nitrogen and oxygen atoms in total. The zero-order valence-corrected chi connectivity index (χ0v) is 17.4. The molecule has 1 amide bonds. The molecule has 2 saturated heterocycles. The number of carbonyl (C=O) groups excluding carboxylic acids is 1. The Labute approximate surface area is 176 Å². The highest BCUT2D eigenvalue weighted by atomic mass is 35.5. The number of aromatic nitrogens is 2. The van der Waals surface area contributed by atoms with E-state index in [-0.39, 0.29) is 48.1 Å². The minimum Gasteiger partial charge on any atom is -0.427 e. The smallest absolute Gasteiger partial charge is 0.349 e. The average molecular weight is 429 g/mol. The van der Waals surface area contributed by atoms with E-state index >= 15 is 0 Å². The van der Waals surface area contributed by atoms with Gasteiger partial charge in [-0.25, -0.2) is 4.79 Å². The Bertz CT molecular complexity index is 847. The van der Waals surface area contributed by atoms with Crippen molar-refractivity contribution in [1.82, 2.24) is 20.4 Å². The fourth-order valence-corrected chi connectivity index (χ4v) is 4.05. The third-order valence-corrected chi connectivity index (χ3v) is 5.56. The molecule has 9 heteroatoms. The van der Waals surface area contributed by atoms with Crippen molar-refractivity contribution >= 4 is 30.7 Å². The molecule has 0 bridgehead atoms. The Morgan fingerprint density at radius 3 is 2.61 bits per heavy atom. The van der Waals surface area contributed by atoms with E-state index < -0.39 is 5.63 Å². The topological polar surface area (TPSA) is 91.2 Å². The molecule has 1 atom stereocenters. The van der Waals surface area contributed by atoms with Crippen molar-refractivity contribution < 1.29 is 9.21 Å². The number of piperidine rings is 1. The lowest BCUT2D eigenvalue weighted by molar-refractivity contribution is 0.0784. The van der Waals surface area contributed by atoms with E-state index in [0.717, 1.165) is 38.0 Å². The van der Waals surface area contributed by atoms with Crippen LogP contribution >= 0.6 is 24.8 Å². The van der Waals surface area contributed by atoms with Crippen molar-refractivity contribution in [3.8, 4) is 0 Å². The molecule has 0 saturated carbocycles. The fraction of sp³-hybridized carbons (Fsp3) is 0.526. The van der Waals surface area contributed by atoms with Crippen molar-refractivity contribution in [2.24, 2.45) is 0 Å². The number of rotatable bonds is 3. The maximum absolute atomic E-state index is 12.9. The molecule has 0 aliphatic carbocycles. The molecule has 0 radical (unpaired) electrons. The second-order valence-electron chi connectivity index (χ2n) is 7.27. The summed E-state index contributed by atoms with van der Waals surface area (Å²) in [7, 11) is 0. The predicted octanol–water partition coefficient (Wildman–Crippen LogP) is 2.61. The van der Waals surface area contributed by atoms with Crippen LogP contribution in [0.25, 0.3) is 0 Å². The highest BCUT2D eigenvalue weighted by Crippen LogP contribution is 2.28. The van der Waals surface area contributed by atoms with Gasteiger partial charge in [-0.3, -0.25) is 9.89 Å². The third-order valence-electron chi connectivity index (χ3n) is 5.56. The molecular weight excluding hydrogens is 403 g/mol. The van der Waals surface area contributed by atoms with Crippen LogP contribution in [-0.4, -0.2) is 47.2 Å². The number of hydrogen-bond acceptors (Lipinski definition) is 5. The Hall–Kier alpha value is -1.83. The van der Waals surface area contributed by atoms with E-state index in [1.165, 1.54) is 0 Å². The molecule has 4 heterocycles. The summed E-state index contributed by atoms with van der Waals surface area (Å²) in [6, 6.07) is 3.82. The molecule has 2 aromatic rings. The maximum Gasteiger partial charge on any atom is 0.349 e. The lowest BCUT2D eigenvalue weighted by Crippen LogP contribution is -2.33. The SMILES string of the molecule is Cc1cc(C2CCNCC2)oc(=O)c1C(=O)N1CCC(c2ccn[nH]2)C1.Cl.Cl. The summed E-state index contributed by atoms with van der Waals surface area (Å²) >= 11 is 0. The lowest BCUT2D eigenvalue weighted by atomic mass is 9.94. The number of nitrogens with one attached hydrogen (secondary N) is 2. The van der Waals surface area contributed by atoms with Crippen LogP contribution in [0.4, 0.5) is 0 Å². The zero-order valence-electron chi connectivity index (χ0n) is 15.8. The van der Waals surface area contributed by atoms with Crippen LogP contribution in [0.5, 0.6) is 0 Å². The number of amides is 1. The Morgan fingerprint density at radius 1 is 1.21 bits per heavy atom. The highest BCUT2D eigenvalue weighted by molar-refractivity contribution is 5.95. The quantitative estimate of drug-likeness (QED) is 0.783. The number of halogens is 2. The molecule has 2 N–H and O–H groups in total. The molecule has 28 heavy (non-hydrogen) atoms. The summed E-state index contributed by atoms with van der Waals surface area (Å²) in [5.41, 5.74) is 1.41. The number of likely N-dealkylation sites (tertiary alicyclic amines) is 1. The third kappa shape index (κ3) is 4.42. The second-order valence-corrected chi connectivity index (χ2v) is 7.27. The number of H-pyrrole nitrogens is 1. The minimum atomic E-state index is -0.506. The normalized spacial score (nSPS) is 19.8. The highest BCUT2D eigenvalue weighted by Gasteiger charge is 2.31. The van der Waals surface area contributed by atoms with E-state index in [1.807, 2.05) is 19.1 Å². The molecule has 1 unspecified atom stereocenters. The lowest BCUT2D eigenvalue weighted by Gasteiger charge is -2.22. The van der Waals surface area contributed by atoms with E-state index in [1.54, 1.807) is 11.1 Å². The van der Waals surface area contributed by atoms with Gasteiger partial charge in [0.1, 0.15) is 11.3 Å². The number of nitrogens with zero attached hydrogens (tertiary/aromatic N) is 2. The van der Waals surface area contributed by atoms with Crippen LogP contribution in [0.1, 0.15) is 58.5 Å². The van der Waals surface area contributed by atoms with Crippen molar-refractivity contribution in [2.75, 3.05) is 26.2 Å². The van der Waals surface area contributed by atoms with E-state index in [4.69, 9.17) is 4.42 Å². The van der Waals surface area contributed by atoms with Gasteiger partial charge < -0.3 is 14.6 Å². The Kier molecular flexibility index (Phi) is 7.69. The van der Waals surface area contributed by atoms with Gasteiger partial charge in [-0.1, -0.05) is 0 Å². The van der Waals surface area contributed by atoms with Gasteiger partial charge in [-0.15, -0.1) is 24.8 Å². The van der Waals surface area contributed by atoms with Crippen LogP contribution in [-0.2, 0) is 0 Å². The summed E-state index contributed by atoms with van der Waals surface area (Å²) in [5.74, 6) is 0.976. The average Bonchev–Trinajstić information content (AvgIpc) is 3.33. The van der Waals surface area contributed by atoms with Crippen molar-refractivity contribution in [1.29, 1.82) is 0 Å². The monoisotopic (exact) mass is 428 g/mol. The van der Waals surface area contributed by atoms with Gasteiger partial charge in [0.2, 0.25) is 0 Å². The molecular formula is C19H26Cl2N4O3. The minimum absolute atomic E-state index is 0. The number of hydrogen-bond donors (Lipinski definition) is 2. The van der Waals surface area contributed by atoms with Crippen molar-refractivity contribution in [3.63, 3.8) is 0 Å². The Morgan fingerprint density at radius 2 is 1.96 bits per heavy atom. The van der Waals surface area contributed by atoms with E-state index in [9.17, 15) is 9.59 Å². The number of aryl methyl sites for hydroxylation is 1. The van der Waals surface area contributed by atoms with Crippen LogP contribution in [0.2, 0.25) is 0 Å². The van der Waals surface area contributed by atoms with Gasteiger partial charge in [0.15, 0.2) is 0 Å². The maximum atomic E-state index is 12.9. The van der Waals surface area contributed by atoms with E-state index in [2.05, 4.69) is 15.5 Å². The van der Waals surface area contributed by atoms with E-state index in [0.29, 0.717) is 24.4 Å². The van der Waals surface area contributed by atoms with Crippen LogP contribution in [0.15, 0.2) is 27.5 Å². The summed E-state index contributed by atoms with van der Waals surface area (Å²) in [6.07, 6.45) is 4.49. The summed E-state index contributed by atoms with van der Waals surface area (Å²) < 4.78 is 5.56. The summed E-state index contributed by atoms with van der Waals surface area (Å²) in [4.78, 5) is 27.2. The molecule has 2 aliphatic heterocycles.